The highest BCUT2D eigenvalue weighted by Crippen LogP contribution is 2.43. The van der Waals surface area contributed by atoms with Crippen LogP contribution in [0.2, 0.25) is 0 Å². The van der Waals surface area contributed by atoms with Crippen LogP contribution < -0.4 is 15.2 Å². The van der Waals surface area contributed by atoms with Gasteiger partial charge in [-0.15, -0.1) is 0 Å². The van der Waals surface area contributed by atoms with Gasteiger partial charge >= 0.3 is 15.5 Å². The molecular formula is C20H20BrF3N6O4S2. The van der Waals surface area contributed by atoms with Crippen molar-refractivity contribution in [2.24, 2.45) is 5.92 Å². The molecule has 36 heavy (non-hydrogen) atoms. The second-order valence-electron chi connectivity index (χ2n) is 8.30. The first-order chi connectivity index (χ1) is 17.0. The lowest BCUT2D eigenvalue weighted by Gasteiger charge is -2.31. The Kier molecular flexibility index (Phi) is 6.72. The Labute approximate surface area is 216 Å². The van der Waals surface area contributed by atoms with Crippen LogP contribution >= 0.6 is 27.7 Å². The summed E-state index contributed by atoms with van der Waals surface area (Å²) in [5.74, 6) is 1.52. The van der Waals surface area contributed by atoms with E-state index in [0.29, 0.717) is 57.9 Å². The molecule has 2 aromatic heterocycles. The number of ether oxygens (including phenoxy) is 2. The summed E-state index contributed by atoms with van der Waals surface area (Å²) in [4.78, 5) is 13.8. The van der Waals surface area contributed by atoms with Crippen LogP contribution in [0.15, 0.2) is 33.0 Å². The molecular weight excluding hydrogens is 589 g/mol. The number of hydrogen-bond acceptors (Lipinski definition) is 9. The fourth-order valence-corrected chi connectivity index (χ4v) is 6.68. The van der Waals surface area contributed by atoms with E-state index in [1.807, 2.05) is 16.7 Å². The number of nitrogens with two attached hydrogens (primary N) is 1. The number of hydrogen-bond donors (Lipinski definition) is 1. The van der Waals surface area contributed by atoms with Gasteiger partial charge in [0.05, 0.1) is 0 Å². The highest BCUT2D eigenvalue weighted by atomic mass is 79.9. The maximum Gasteiger partial charge on any atom is 0.511 e. The van der Waals surface area contributed by atoms with Crippen molar-refractivity contribution >= 4 is 54.7 Å². The van der Waals surface area contributed by atoms with Gasteiger partial charge in [0.1, 0.15) is 6.33 Å². The number of sulfonamides is 1. The molecule has 16 heteroatoms. The van der Waals surface area contributed by atoms with Crippen LogP contribution in [-0.4, -0.2) is 57.6 Å². The number of halogens is 4. The van der Waals surface area contributed by atoms with Gasteiger partial charge in [-0.25, -0.2) is 23.4 Å². The van der Waals surface area contributed by atoms with Gasteiger partial charge in [0.15, 0.2) is 33.6 Å². The molecule has 0 aliphatic carbocycles. The van der Waals surface area contributed by atoms with Gasteiger partial charge in [-0.05, 0) is 53.2 Å². The molecule has 2 aliphatic heterocycles. The van der Waals surface area contributed by atoms with Crippen LogP contribution in [-0.2, 0) is 16.6 Å². The number of benzene rings is 1. The standard InChI is InChI=1S/C20H20BrF3N6O4S2/c21-12-7-13-14(34-10-33-13)8-15(12)35-19-28-16-17(25)26-9-27-18(16)30(19)6-3-11-1-4-29(5-2-11)36(31,32)20(22,23)24/h7-9,11H,1-6,10H2,(H2,25,26,27). The molecule has 0 radical (unpaired) electrons. The van der Waals surface area contributed by atoms with Gasteiger partial charge < -0.3 is 19.8 Å². The maximum absolute atomic E-state index is 12.9. The van der Waals surface area contributed by atoms with E-state index in [9.17, 15) is 21.6 Å². The minimum absolute atomic E-state index is 0.0384. The van der Waals surface area contributed by atoms with E-state index in [1.54, 1.807) is 0 Å². The number of alkyl halides is 3. The highest BCUT2D eigenvalue weighted by molar-refractivity contribution is 9.10. The van der Waals surface area contributed by atoms with Gasteiger partial charge in [-0.2, -0.15) is 17.5 Å². The molecule has 2 aliphatic rings. The maximum atomic E-state index is 12.9. The molecule has 0 amide bonds. The molecule has 10 nitrogen and oxygen atoms in total. The van der Waals surface area contributed by atoms with Gasteiger partial charge in [0, 0.05) is 29.0 Å². The van der Waals surface area contributed by atoms with E-state index in [-0.39, 0.29) is 31.6 Å². The SMILES string of the molecule is Nc1ncnc2c1nc(Sc1cc3c(cc1Br)OCO3)n2CCC1CCN(S(=O)(=O)C(F)(F)F)CC1. The summed E-state index contributed by atoms with van der Waals surface area (Å²) < 4.78 is 76.1. The van der Waals surface area contributed by atoms with Crippen molar-refractivity contribution in [3.8, 4) is 11.5 Å². The third kappa shape index (κ3) is 4.70. The van der Waals surface area contributed by atoms with Crippen molar-refractivity contribution < 1.29 is 31.1 Å². The number of piperidine rings is 1. The number of aryl methyl sites for hydroxylation is 1. The van der Waals surface area contributed by atoms with Gasteiger partial charge in [-0.3, -0.25) is 0 Å². The Balaban J connectivity index is 1.35. The van der Waals surface area contributed by atoms with E-state index < -0.39 is 15.5 Å². The van der Waals surface area contributed by atoms with Crippen molar-refractivity contribution in [3.63, 3.8) is 0 Å². The topological polar surface area (TPSA) is 125 Å². The van der Waals surface area contributed by atoms with E-state index in [2.05, 4.69) is 30.9 Å². The van der Waals surface area contributed by atoms with Crippen LogP contribution in [0.5, 0.6) is 11.5 Å². The first-order valence-corrected chi connectivity index (χ1v) is 13.9. The Bertz CT molecular complexity index is 1410. The predicted molar refractivity (Wildman–Crippen MR) is 128 cm³/mol. The van der Waals surface area contributed by atoms with Crippen molar-refractivity contribution in [1.82, 2.24) is 23.8 Å². The van der Waals surface area contributed by atoms with E-state index in [4.69, 9.17) is 15.2 Å². The molecule has 0 atom stereocenters. The van der Waals surface area contributed by atoms with E-state index in [0.717, 1.165) is 9.37 Å². The molecule has 194 valence electrons. The van der Waals surface area contributed by atoms with Crippen molar-refractivity contribution in [2.45, 2.75) is 41.4 Å². The number of fused-ring (bicyclic) bond motifs is 2. The average molecular weight is 609 g/mol. The molecule has 3 aromatic rings. The Hall–Kier alpha value is -2.30. The lowest BCUT2D eigenvalue weighted by Crippen LogP contribution is -2.45. The quantitative estimate of drug-likeness (QED) is 0.442. The molecule has 0 spiro atoms. The molecule has 0 saturated carbocycles. The third-order valence-electron chi connectivity index (χ3n) is 6.12. The lowest BCUT2D eigenvalue weighted by atomic mass is 9.95. The molecule has 4 heterocycles. The van der Waals surface area contributed by atoms with Crippen LogP contribution in [0.4, 0.5) is 19.0 Å². The minimum Gasteiger partial charge on any atom is -0.454 e. The molecule has 0 unspecified atom stereocenters. The lowest BCUT2D eigenvalue weighted by molar-refractivity contribution is -0.0497. The molecule has 1 saturated heterocycles. The van der Waals surface area contributed by atoms with Crippen LogP contribution in [0.25, 0.3) is 11.2 Å². The summed E-state index contributed by atoms with van der Waals surface area (Å²) in [5.41, 5.74) is 1.73. The molecule has 0 bridgehead atoms. The molecule has 1 aromatic carbocycles. The normalized spacial score (nSPS) is 17.2. The Morgan fingerprint density at radius 3 is 2.56 bits per heavy atom. The van der Waals surface area contributed by atoms with Crippen molar-refractivity contribution in [2.75, 3.05) is 25.6 Å². The van der Waals surface area contributed by atoms with Crippen molar-refractivity contribution in [1.29, 1.82) is 0 Å². The summed E-state index contributed by atoms with van der Waals surface area (Å²) in [6, 6.07) is 3.65. The largest absolute Gasteiger partial charge is 0.511 e. The molecule has 5 rings (SSSR count). The Morgan fingerprint density at radius 1 is 1.17 bits per heavy atom. The second-order valence-corrected chi connectivity index (χ2v) is 12.1. The number of imidazole rings is 1. The number of aromatic nitrogens is 4. The fourth-order valence-electron chi connectivity index (χ4n) is 4.18. The number of anilines is 1. The number of nitrogens with zero attached hydrogens (tertiary/aromatic N) is 5. The number of rotatable bonds is 6. The second kappa shape index (κ2) is 9.54. The molecule has 1 fully saturated rings. The fraction of sp³-hybridized carbons (Fsp3) is 0.450. The first kappa shape index (κ1) is 25.4. The average Bonchev–Trinajstić information content (AvgIpc) is 3.42. The minimum atomic E-state index is -5.30. The summed E-state index contributed by atoms with van der Waals surface area (Å²) >= 11 is 4.92. The number of nitrogen functional groups attached to an aromatic ring is 1. The van der Waals surface area contributed by atoms with Gasteiger partial charge in [0.25, 0.3) is 0 Å². The zero-order chi connectivity index (χ0) is 25.7. The van der Waals surface area contributed by atoms with E-state index >= 15 is 0 Å². The third-order valence-corrected chi connectivity index (χ3v) is 9.72. The predicted octanol–water partition coefficient (Wildman–Crippen LogP) is 4.00. The summed E-state index contributed by atoms with van der Waals surface area (Å²) in [7, 11) is -5.30. The zero-order valence-corrected chi connectivity index (χ0v) is 21.8. The zero-order valence-electron chi connectivity index (χ0n) is 18.5. The molecule has 2 N–H and O–H groups in total. The van der Waals surface area contributed by atoms with Crippen LogP contribution in [0.3, 0.4) is 0 Å². The van der Waals surface area contributed by atoms with Gasteiger partial charge in [0.2, 0.25) is 6.79 Å². The van der Waals surface area contributed by atoms with Crippen LogP contribution in [0, 0.1) is 5.92 Å². The summed E-state index contributed by atoms with van der Waals surface area (Å²) in [6.45, 7) is 0.272. The smallest absolute Gasteiger partial charge is 0.454 e. The van der Waals surface area contributed by atoms with Gasteiger partial charge in [-0.1, -0.05) is 11.8 Å². The highest BCUT2D eigenvalue weighted by Gasteiger charge is 2.50. The monoisotopic (exact) mass is 608 g/mol. The van der Waals surface area contributed by atoms with Crippen molar-refractivity contribution in [3.05, 3.63) is 22.9 Å². The summed E-state index contributed by atoms with van der Waals surface area (Å²) in [5, 5.41) is 0.605. The van der Waals surface area contributed by atoms with Crippen LogP contribution in [0.1, 0.15) is 19.3 Å². The van der Waals surface area contributed by atoms with E-state index in [1.165, 1.54) is 18.1 Å². The Morgan fingerprint density at radius 2 is 1.86 bits per heavy atom. The summed E-state index contributed by atoms with van der Waals surface area (Å²) in [6.07, 6.45) is 2.61. The first-order valence-electron chi connectivity index (χ1n) is 10.8.